The molecule has 0 spiro atoms. The molecule has 0 aliphatic heterocycles. The fourth-order valence-electron chi connectivity index (χ4n) is 1.04. The third kappa shape index (κ3) is 1.17. The molecule has 2 aromatic rings. The Hall–Kier alpha value is -2.09. The summed E-state index contributed by atoms with van der Waals surface area (Å²) in [4.78, 5) is 25.7. The normalized spacial score (nSPS) is 10.6. The molecule has 2 rings (SSSR count). The zero-order valence-electron chi connectivity index (χ0n) is 7.18. The molecule has 3 N–H and O–H groups in total. The molecule has 0 aliphatic rings. The number of fused-ring (bicyclic) bond motifs is 1. The standard InChI is InChI=1S/C6H7N5O3/c1-14-10-6-8-4-3(5(12)9-6)7-2-11(4)13/h2,13H,1H3,(H2,8,9,10,12). The molecule has 0 saturated heterocycles. The van der Waals surface area contributed by atoms with Crippen LogP contribution in [-0.4, -0.2) is 32.0 Å². The lowest BCUT2D eigenvalue weighted by atomic mass is 10.5. The van der Waals surface area contributed by atoms with Crippen molar-refractivity contribution in [3.63, 3.8) is 0 Å². The fraction of sp³-hybridized carbons (Fsp3) is 0.167. The summed E-state index contributed by atoms with van der Waals surface area (Å²) in [5, 5.41) is 9.20. The highest BCUT2D eigenvalue weighted by molar-refractivity contribution is 5.70. The Morgan fingerprint density at radius 1 is 1.71 bits per heavy atom. The number of rotatable bonds is 2. The molecule has 8 nitrogen and oxygen atoms in total. The predicted octanol–water partition coefficient (Wildman–Crippen LogP) is -0.670. The highest BCUT2D eigenvalue weighted by Gasteiger charge is 2.08. The van der Waals surface area contributed by atoms with Crippen molar-refractivity contribution in [2.75, 3.05) is 12.6 Å². The van der Waals surface area contributed by atoms with Crippen molar-refractivity contribution >= 4 is 17.1 Å². The summed E-state index contributed by atoms with van der Waals surface area (Å²) in [6.07, 6.45) is 1.09. The van der Waals surface area contributed by atoms with Gasteiger partial charge in [-0.05, 0) is 0 Å². The topological polar surface area (TPSA) is 105 Å². The Labute approximate surface area is 77.1 Å². The molecule has 0 fully saturated rings. The summed E-state index contributed by atoms with van der Waals surface area (Å²) in [5.41, 5.74) is 2.01. The smallest absolute Gasteiger partial charge is 0.280 e. The van der Waals surface area contributed by atoms with Gasteiger partial charge in [0.25, 0.3) is 5.56 Å². The van der Waals surface area contributed by atoms with Gasteiger partial charge in [0.2, 0.25) is 11.6 Å². The molecular weight excluding hydrogens is 190 g/mol. The molecule has 74 valence electrons. The molecule has 14 heavy (non-hydrogen) atoms. The maximum atomic E-state index is 11.3. The first-order valence-corrected chi connectivity index (χ1v) is 3.68. The van der Waals surface area contributed by atoms with E-state index in [0.717, 1.165) is 6.33 Å². The van der Waals surface area contributed by atoms with Crippen LogP contribution in [0, 0.1) is 0 Å². The van der Waals surface area contributed by atoms with Crippen molar-refractivity contribution in [1.29, 1.82) is 0 Å². The van der Waals surface area contributed by atoms with E-state index in [1.165, 1.54) is 7.11 Å². The highest BCUT2D eigenvalue weighted by Crippen LogP contribution is 2.04. The zero-order chi connectivity index (χ0) is 10.1. The molecule has 0 bridgehead atoms. The molecule has 0 aromatic carbocycles. The Balaban J connectivity index is 2.69. The van der Waals surface area contributed by atoms with Crippen LogP contribution in [0.1, 0.15) is 0 Å². The van der Waals surface area contributed by atoms with Gasteiger partial charge in [0.15, 0.2) is 5.52 Å². The van der Waals surface area contributed by atoms with Gasteiger partial charge in [0.1, 0.15) is 6.33 Å². The van der Waals surface area contributed by atoms with E-state index in [4.69, 9.17) is 0 Å². The van der Waals surface area contributed by atoms with E-state index in [-0.39, 0.29) is 17.1 Å². The van der Waals surface area contributed by atoms with Gasteiger partial charge < -0.3 is 5.21 Å². The minimum Gasteiger partial charge on any atom is -0.425 e. The van der Waals surface area contributed by atoms with Crippen molar-refractivity contribution < 1.29 is 10.0 Å². The molecular formula is C6H7N5O3. The lowest BCUT2D eigenvalue weighted by Gasteiger charge is -2.00. The number of hydrogen-bond donors (Lipinski definition) is 3. The van der Waals surface area contributed by atoms with Gasteiger partial charge in [0, 0.05) is 0 Å². The average Bonchev–Trinajstić information content (AvgIpc) is 2.49. The molecule has 0 unspecified atom stereocenters. The van der Waals surface area contributed by atoms with Crippen LogP contribution in [0.2, 0.25) is 0 Å². The molecule has 0 radical (unpaired) electrons. The Bertz CT molecular complexity index is 516. The van der Waals surface area contributed by atoms with Crippen molar-refractivity contribution in [3.05, 3.63) is 16.7 Å². The van der Waals surface area contributed by atoms with Crippen LogP contribution >= 0.6 is 0 Å². The Morgan fingerprint density at radius 3 is 3.21 bits per heavy atom. The van der Waals surface area contributed by atoms with Crippen LogP contribution in [-0.2, 0) is 4.84 Å². The molecule has 0 aliphatic carbocycles. The number of aromatic nitrogens is 4. The fourth-order valence-corrected chi connectivity index (χ4v) is 1.04. The molecule has 8 heteroatoms. The quantitative estimate of drug-likeness (QED) is 0.435. The minimum atomic E-state index is -0.456. The molecule has 2 aromatic heterocycles. The summed E-state index contributed by atoms with van der Waals surface area (Å²) in [6, 6.07) is 0. The first-order chi connectivity index (χ1) is 6.72. The van der Waals surface area contributed by atoms with E-state index in [1.807, 2.05) is 0 Å². The number of H-pyrrole nitrogens is 1. The SMILES string of the molecule is CONc1nc2c(ncn2O)c(=O)[nH]1. The number of imidazole rings is 1. The van der Waals surface area contributed by atoms with Gasteiger partial charge in [-0.2, -0.15) is 9.71 Å². The number of anilines is 1. The number of nitrogens with zero attached hydrogens (tertiary/aromatic N) is 3. The second kappa shape index (κ2) is 3.00. The van der Waals surface area contributed by atoms with Crippen molar-refractivity contribution in [2.24, 2.45) is 0 Å². The summed E-state index contributed by atoms with van der Waals surface area (Å²) < 4.78 is 0.658. The second-order valence-corrected chi connectivity index (χ2v) is 2.48. The van der Waals surface area contributed by atoms with Gasteiger partial charge in [-0.15, -0.1) is 0 Å². The van der Waals surface area contributed by atoms with E-state index in [9.17, 15) is 10.0 Å². The number of aromatic amines is 1. The lowest BCUT2D eigenvalue weighted by Crippen LogP contribution is -2.13. The second-order valence-electron chi connectivity index (χ2n) is 2.48. The molecule has 0 amide bonds. The molecule has 0 saturated carbocycles. The number of hydrogen-bond acceptors (Lipinski definition) is 6. The van der Waals surface area contributed by atoms with Crippen molar-refractivity contribution in [3.8, 4) is 0 Å². The Morgan fingerprint density at radius 2 is 2.50 bits per heavy atom. The third-order valence-electron chi connectivity index (χ3n) is 1.59. The maximum Gasteiger partial charge on any atom is 0.280 e. The van der Waals surface area contributed by atoms with Crippen LogP contribution < -0.4 is 11.0 Å². The monoisotopic (exact) mass is 197 g/mol. The summed E-state index contributed by atoms with van der Waals surface area (Å²) in [7, 11) is 1.38. The van der Waals surface area contributed by atoms with E-state index in [2.05, 4.69) is 25.3 Å². The van der Waals surface area contributed by atoms with Gasteiger partial charge in [-0.3, -0.25) is 14.6 Å². The predicted molar refractivity (Wildman–Crippen MR) is 46.0 cm³/mol. The van der Waals surface area contributed by atoms with Crippen LogP contribution in [0.25, 0.3) is 11.2 Å². The summed E-state index contributed by atoms with van der Waals surface area (Å²) in [5.74, 6) is 0.0980. The Kier molecular flexibility index (Phi) is 1.82. The zero-order valence-corrected chi connectivity index (χ0v) is 7.18. The lowest BCUT2D eigenvalue weighted by molar-refractivity contribution is 0.196. The highest BCUT2D eigenvalue weighted by atomic mass is 16.6. The summed E-state index contributed by atoms with van der Waals surface area (Å²) in [6.45, 7) is 0. The first kappa shape index (κ1) is 8.51. The van der Waals surface area contributed by atoms with E-state index in [0.29, 0.717) is 4.73 Å². The van der Waals surface area contributed by atoms with E-state index >= 15 is 0 Å². The van der Waals surface area contributed by atoms with Gasteiger partial charge in [-0.25, -0.2) is 10.5 Å². The van der Waals surface area contributed by atoms with Crippen molar-refractivity contribution in [1.82, 2.24) is 19.7 Å². The van der Waals surface area contributed by atoms with Crippen LogP contribution in [0.5, 0.6) is 0 Å². The van der Waals surface area contributed by atoms with Crippen LogP contribution in [0.4, 0.5) is 5.95 Å². The maximum absolute atomic E-state index is 11.3. The van der Waals surface area contributed by atoms with Gasteiger partial charge in [-0.1, -0.05) is 0 Å². The van der Waals surface area contributed by atoms with Crippen molar-refractivity contribution in [2.45, 2.75) is 0 Å². The van der Waals surface area contributed by atoms with Crippen LogP contribution in [0.15, 0.2) is 11.1 Å². The largest absolute Gasteiger partial charge is 0.425 e. The molecule has 0 atom stereocenters. The average molecular weight is 197 g/mol. The van der Waals surface area contributed by atoms with Crippen LogP contribution in [0.3, 0.4) is 0 Å². The first-order valence-electron chi connectivity index (χ1n) is 3.68. The van der Waals surface area contributed by atoms with Gasteiger partial charge in [0.05, 0.1) is 7.11 Å². The third-order valence-corrected chi connectivity index (χ3v) is 1.59. The van der Waals surface area contributed by atoms with E-state index < -0.39 is 5.56 Å². The number of nitrogens with one attached hydrogen (secondary N) is 2. The van der Waals surface area contributed by atoms with E-state index in [1.54, 1.807) is 0 Å². The summed E-state index contributed by atoms with van der Waals surface area (Å²) >= 11 is 0. The van der Waals surface area contributed by atoms with Gasteiger partial charge >= 0.3 is 0 Å². The molecule has 2 heterocycles. The minimum absolute atomic E-state index is 0.0632.